The molecule has 84 valence electrons. The van der Waals surface area contributed by atoms with Crippen molar-refractivity contribution in [2.24, 2.45) is 5.92 Å². The molecule has 1 saturated heterocycles. The van der Waals surface area contributed by atoms with E-state index in [4.69, 9.17) is 0 Å². The van der Waals surface area contributed by atoms with Gasteiger partial charge in [-0.15, -0.1) is 0 Å². The number of hydrogen-bond donors (Lipinski definition) is 0. The molecule has 0 aromatic heterocycles. The van der Waals surface area contributed by atoms with Crippen LogP contribution in [0, 0.1) is 5.92 Å². The van der Waals surface area contributed by atoms with Crippen LogP contribution >= 0.6 is 0 Å². The molecule has 0 spiro atoms. The molecule has 0 aromatic carbocycles. The van der Waals surface area contributed by atoms with E-state index in [9.17, 15) is 14.4 Å². The summed E-state index contributed by atoms with van der Waals surface area (Å²) in [6.45, 7) is 5.87. The fourth-order valence-electron chi connectivity index (χ4n) is 1.75. The zero-order valence-electron chi connectivity index (χ0n) is 9.32. The number of amides is 4. The second kappa shape index (κ2) is 4.42. The number of rotatable bonds is 3. The second-order valence-corrected chi connectivity index (χ2v) is 3.41. The van der Waals surface area contributed by atoms with E-state index >= 15 is 0 Å². The molecule has 1 rings (SSSR count). The lowest BCUT2D eigenvalue weighted by atomic mass is 10.0. The van der Waals surface area contributed by atoms with Crippen LogP contribution in [0.2, 0.25) is 0 Å². The maximum Gasteiger partial charge on any atom is 0.333 e. The van der Waals surface area contributed by atoms with Crippen LogP contribution in [0.5, 0.6) is 0 Å². The zero-order chi connectivity index (χ0) is 11.6. The smallest absolute Gasteiger partial charge is 0.273 e. The van der Waals surface area contributed by atoms with Gasteiger partial charge in [-0.3, -0.25) is 19.4 Å². The zero-order valence-corrected chi connectivity index (χ0v) is 9.32. The molecule has 0 radical (unpaired) electrons. The minimum atomic E-state index is -0.678. The molecule has 0 aliphatic carbocycles. The fourth-order valence-corrected chi connectivity index (χ4v) is 1.75. The third-order valence-corrected chi connectivity index (χ3v) is 2.63. The van der Waals surface area contributed by atoms with Crippen LogP contribution in [0.25, 0.3) is 0 Å². The van der Waals surface area contributed by atoms with E-state index in [0.29, 0.717) is 19.5 Å². The van der Waals surface area contributed by atoms with Gasteiger partial charge in [0.15, 0.2) is 0 Å². The Morgan fingerprint density at radius 3 is 1.60 bits per heavy atom. The number of urea groups is 1. The molecule has 4 amide bonds. The van der Waals surface area contributed by atoms with Crippen LogP contribution in [0.3, 0.4) is 0 Å². The predicted octanol–water partition coefficient (Wildman–Crippen LogP) is 0.843. The summed E-state index contributed by atoms with van der Waals surface area (Å²) in [5.41, 5.74) is 0. The molecule has 0 N–H and O–H groups in total. The maximum atomic E-state index is 11.7. The van der Waals surface area contributed by atoms with Crippen molar-refractivity contribution in [2.75, 3.05) is 13.1 Å². The molecule has 5 nitrogen and oxygen atoms in total. The van der Waals surface area contributed by atoms with Crippen LogP contribution in [-0.4, -0.2) is 40.7 Å². The number of hydrogen-bond acceptors (Lipinski definition) is 3. The van der Waals surface area contributed by atoms with Gasteiger partial charge in [0.05, 0.1) is 0 Å². The van der Waals surface area contributed by atoms with Crippen molar-refractivity contribution >= 4 is 17.8 Å². The van der Waals surface area contributed by atoms with Gasteiger partial charge in [-0.25, -0.2) is 4.79 Å². The molecule has 15 heavy (non-hydrogen) atoms. The topological polar surface area (TPSA) is 57.7 Å². The summed E-state index contributed by atoms with van der Waals surface area (Å²) in [7, 11) is 0. The molecule has 1 fully saturated rings. The molecule has 1 aliphatic rings. The van der Waals surface area contributed by atoms with Crippen LogP contribution in [0.15, 0.2) is 0 Å². The van der Waals surface area contributed by atoms with E-state index in [1.54, 1.807) is 20.8 Å². The lowest BCUT2D eigenvalue weighted by Crippen LogP contribution is -2.59. The van der Waals surface area contributed by atoms with Crippen LogP contribution in [-0.2, 0) is 9.59 Å². The van der Waals surface area contributed by atoms with Gasteiger partial charge in [-0.1, -0.05) is 6.92 Å². The SMILES string of the molecule is CCC1C(=O)N(CC)C(=O)N(CC)C1=O. The summed E-state index contributed by atoms with van der Waals surface area (Å²) < 4.78 is 0. The highest BCUT2D eigenvalue weighted by molar-refractivity contribution is 6.15. The first-order valence-electron chi connectivity index (χ1n) is 5.25. The minimum absolute atomic E-state index is 0.317. The first-order chi connectivity index (χ1) is 7.08. The van der Waals surface area contributed by atoms with E-state index in [-0.39, 0.29) is 11.8 Å². The fraction of sp³-hybridized carbons (Fsp3) is 0.700. The summed E-state index contributed by atoms with van der Waals surface area (Å²) in [5, 5.41) is 0. The first kappa shape index (κ1) is 11.7. The number of imide groups is 2. The highest BCUT2D eigenvalue weighted by Gasteiger charge is 2.43. The standard InChI is InChI=1S/C10H16N2O3/c1-4-7-8(13)11(5-2)10(15)12(6-3)9(7)14/h7H,4-6H2,1-3H3. The second-order valence-electron chi connectivity index (χ2n) is 3.41. The average Bonchev–Trinajstić information content (AvgIpc) is 2.19. The Kier molecular flexibility index (Phi) is 3.44. The molecule has 1 aliphatic heterocycles. The molecule has 5 heteroatoms. The summed E-state index contributed by atoms with van der Waals surface area (Å²) in [6, 6.07) is -0.486. The summed E-state index contributed by atoms with van der Waals surface area (Å²) in [6.07, 6.45) is 0.442. The largest absolute Gasteiger partial charge is 0.333 e. The Balaban J connectivity index is 3.03. The molecular formula is C10H16N2O3. The van der Waals surface area contributed by atoms with Gasteiger partial charge in [0, 0.05) is 13.1 Å². The van der Waals surface area contributed by atoms with Crippen molar-refractivity contribution in [3.63, 3.8) is 0 Å². The number of carbonyl (C=O) groups excluding carboxylic acids is 3. The molecule has 0 aromatic rings. The third-order valence-electron chi connectivity index (χ3n) is 2.63. The Morgan fingerprint density at radius 1 is 0.933 bits per heavy atom. The van der Waals surface area contributed by atoms with Gasteiger partial charge in [-0.05, 0) is 20.3 Å². The van der Waals surface area contributed by atoms with E-state index in [0.717, 1.165) is 9.80 Å². The number of carbonyl (C=O) groups is 3. The molecule has 0 atom stereocenters. The predicted molar refractivity (Wildman–Crippen MR) is 54.0 cm³/mol. The lowest BCUT2D eigenvalue weighted by molar-refractivity contribution is -0.149. The van der Waals surface area contributed by atoms with Gasteiger partial charge >= 0.3 is 6.03 Å². The average molecular weight is 212 g/mol. The van der Waals surface area contributed by atoms with Crippen molar-refractivity contribution in [2.45, 2.75) is 27.2 Å². The van der Waals surface area contributed by atoms with Crippen LogP contribution < -0.4 is 0 Å². The van der Waals surface area contributed by atoms with Crippen LogP contribution in [0.1, 0.15) is 27.2 Å². The third kappa shape index (κ3) is 1.73. The summed E-state index contributed by atoms with van der Waals surface area (Å²) in [5.74, 6) is -1.40. The van der Waals surface area contributed by atoms with Crippen molar-refractivity contribution in [1.29, 1.82) is 0 Å². The Hall–Kier alpha value is -1.39. The highest BCUT2D eigenvalue weighted by Crippen LogP contribution is 2.19. The summed E-state index contributed by atoms with van der Waals surface area (Å²) in [4.78, 5) is 37.4. The normalized spacial score (nSPS) is 19.0. The number of nitrogens with zero attached hydrogens (tertiary/aromatic N) is 2. The van der Waals surface area contributed by atoms with E-state index in [1.807, 2.05) is 0 Å². The van der Waals surface area contributed by atoms with Crippen LogP contribution in [0.4, 0.5) is 4.79 Å². The summed E-state index contributed by atoms with van der Waals surface area (Å²) >= 11 is 0. The van der Waals surface area contributed by atoms with Gasteiger partial charge < -0.3 is 0 Å². The van der Waals surface area contributed by atoms with Gasteiger partial charge in [-0.2, -0.15) is 0 Å². The van der Waals surface area contributed by atoms with Gasteiger partial charge in [0.1, 0.15) is 5.92 Å². The molecule has 0 bridgehead atoms. The van der Waals surface area contributed by atoms with Gasteiger partial charge in [0.2, 0.25) is 11.8 Å². The maximum absolute atomic E-state index is 11.7. The minimum Gasteiger partial charge on any atom is -0.273 e. The molecule has 0 saturated carbocycles. The van der Waals surface area contributed by atoms with Crippen molar-refractivity contribution in [3.8, 4) is 0 Å². The van der Waals surface area contributed by atoms with Gasteiger partial charge in [0.25, 0.3) is 0 Å². The Labute approximate surface area is 89.0 Å². The Bertz CT molecular complexity index is 235. The molecule has 1 heterocycles. The monoisotopic (exact) mass is 212 g/mol. The van der Waals surface area contributed by atoms with Crippen molar-refractivity contribution in [1.82, 2.24) is 9.80 Å². The van der Waals surface area contributed by atoms with Crippen molar-refractivity contribution < 1.29 is 14.4 Å². The quantitative estimate of drug-likeness (QED) is 0.651. The van der Waals surface area contributed by atoms with E-state index in [2.05, 4.69) is 0 Å². The Morgan fingerprint density at radius 2 is 1.33 bits per heavy atom. The molecular weight excluding hydrogens is 196 g/mol. The highest BCUT2D eigenvalue weighted by atomic mass is 16.2. The van der Waals surface area contributed by atoms with E-state index < -0.39 is 11.9 Å². The first-order valence-corrected chi connectivity index (χ1v) is 5.25. The number of barbiturate groups is 1. The lowest BCUT2D eigenvalue weighted by Gasteiger charge is -2.35. The van der Waals surface area contributed by atoms with E-state index in [1.165, 1.54) is 0 Å². The van der Waals surface area contributed by atoms with Crippen molar-refractivity contribution in [3.05, 3.63) is 0 Å². The molecule has 0 unspecified atom stereocenters.